The number of hydrogen-bond acceptors (Lipinski definition) is 2. The van der Waals surface area contributed by atoms with Crippen LogP contribution in [0.2, 0.25) is 10.0 Å². The number of nitrogens with zero attached hydrogens (tertiary/aromatic N) is 2. The number of imidazole rings is 1. The molecule has 0 aliphatic carbocycles. The minimum Gasteiger partial charge on any atom is -0.323 e. The summed E-state index contributed by atoms with van der Waals surface area (Å²) >= 11 is 12.3. The van der Waals surface area contributed by atoms with Gasteiger partial charge in [-0.2, -0.15) is 0 Å². The molecule has 2 rings (SSSR count). The van der Waals surface area contributed by atoms with Gasteiger partial charge in [-0.15, -0.1) is 0 Å². The summed E-state index contributed by atoms with van der Waals surface area (Å²) < 4.78 is 2.06. The number of aryl methyl sites for hydroxylation is 2. The predicted molar refractivity (Wildman–Crippen MR) is 77.0 cm³/mol. The first-order valence-corrected chi connectivity index (χ1v) is 6.62. The van der Waals surface area contributed by atoms with Gasteiger partial charge in [0.25, 0.3) is 0 Å². The van der Waals surface area contributed by atoms with E-state index in [1.165, 1.54) is 0 Å². The van der Waals surface area contributed by atoms with Crippen LogP contribution in [0.4, 0.5) is 11.6 Å². The van der Waals surface area contributed by atoms with Crippen LogP contribution in [0.1, 0.15) is 19.0 Å². The minimum atomic E-state index is 0.589. The molecule has 0 atom stereocenters. The van der Waals surface area contributed by atoms with Gasteiger partial charge in [-0.25, -0.2) is 4.98 Å². The molecule has 0 saturated carbocycles. The Kier molecular flexibility index (Phi) is 4.15. The van der Waals surface area contributed by atoms with Crippen LogP contribution in [0.3, 0.4) is 0 Å². The van der Waals surface area contributed by atoms with E-state index in [9.17, 15) is 0 Å². The molecule has 1 N–H and O–H groups in total. The second-order valence-electron chi connectivity index (χ2n) is 4.12. The molecule has 1 aromatic carbocycles. The largest absolute Gasteiger partial charge is 0.323 e. The normalized spacial score (nSPS) is 10.7. The highest BCUT2D eigenvalue weighted by Gasteiger charge is 2.10. The van der Waals surface area contributed by atoms with Crippen LogP contribution < -0.4 is 5.32 Å². The molecule has 18 heavy (non-hydrogen) atoms. The van der Waals surface area contributed by atoms with Gasteiger partial charge in [-0.1, -0.05) is 36.2 Å². The van der Waals surface area contributed by atoms with Crippen molar-refractivity contribution in [2.24, 2.45) is 0 Å². The van der Waals surface area contributed by atoms with E-state index in [1.54, 1.807) is 12.1 Å². The molecule has 3 nitrogen and oxygen atoms in total. The Hall–Kier alpha value is -1.19. The van der Waals surface area contributed by atoms with Gasteiger partial charge in [0.05, 0.1) is 21.4 Å². The lowest BCUT2D eigenvalue weighted by molar-refractivity contribution is 0.686. The van der Waals surface area contributed by atoms with Crippen LogP contribution in [0, 0.1) is 6.92 Å². The van der Waals surface area contributed by atoms with Gasteiger partial charge in [0.15, 0.2) is 0 Å². The van der Waals surface area contributed by atoms with Crippen molar-refractivity contribution in [1.29, 1.82) is 0 Å². The van der Waals surface area contributed by atoms with Gasteiger partial charge in [0.2, 0.25) is 5.95 Å². The van der Waals surface area contributed by atoms with Gasteiger partial charge in [-0.05, 0) is 25.5 Å². The van der Waals surface area contributed by atoms with E-state index < -0.39 is 0 Å². The number of halogens is 2. The highest BCUT2D eigenvalue weighted by atomic mass is 35.5. The Bertz CT molecular complexity index is 529. The summed E-state index contributed by atoms with van der Waals surface area (Å²) in [6.07, 6.45) is 3.05. The van der Waals surface area contributed by atoms with Crippen molar-refractivity contribution in [1.82, 2.24) is 9.55 Å². The Morgan fingerprint density at radius 3 is 2.56 bits per heavy atom. The third-order valence-corrected chi connectivity index (χ3v) is 3.19. The van der Waals surface area contributed by atoms with Crippen LogP contribution in [0.5, 0.6) is 0 Å². The molecule has 0 spiro atoms. The van der Waals surface area contributed by atoms with Crippen LogP contribution in [-0.2, 0) is 6.54 Å². The average molecular weight is 284 g/mol. The van der Waals surface area contributed by atoms with Gasteiger partial charge < -0.3 is 9.88 Å². The molecule has 2 aromatic rings. The molecule has 0 fully saturated rings. The quantitative estimate of drug-likeness (QED) is 0.885. The maximum atomic E-state index is 6.13. The summed E-state index contributed by atoms with van der Waals surface area (Å²) in [5.74, 6) is 0.768. The van der Waals surface area contributed by atoms with Crippen molar-refractivity contribution in [3.05, 3.63) is 40.1 Å². The van der Waals surface area contributed by atoms with E-state index in [2.05, 4.69) is 21.8 Å². The highest BCUT2D eigenvalue weighted by Crippen LogP contribution is 2.32. The summed E-state index contributed by atoms with van der Waals surface area (Å²) in [6, 6.07) is 5.42. The zero-order valence-electron chi connectivity index (χ0n) is 10.4. The fraction of sp³-hybridized carbons (Fsp3) is 0.308. The van der Waals surface area contributed by atoms with E-state index in [4.69, 9.17) is 23.2 Å². The standard InChI is InChI=1S/C13H15Cl2N3/c1-3-7-18-8-9(2)16-13(18)17-12-10(14)5-4-6-11(12)15/h4-6,8H,3,7H2,1-2H3,(H,16,17). The monoisotopic (exact) mass is 283 g/mol. The molecule has 0 unspecified atom stereocenters. The molecule has 0 aliphatic heterocycles. The lowest BCUT2D eigenvalue weighted by Gasteiger charge is -2.11. The lowest BCUT2D eigenvalue weighted by Crippen LogP contribution is -2.03. The molecule has 96 valence electrons. The molecule has 1 aromatic heterocycles. The number of rotatable bonds is 4. The number of nitrogens with one attached hydrogen (secondary N) is 1. The van der Waals surface area contributed by atoms with Crippen LogP contribution in [-0.4, -0.2) is 9.55 Å². The summed E-state index contributed by atoms with van der Waals surface area (Å²) in [5.41, 5.74) is 1.66. The van der Waals surface area contributed by atoms with E-state index >= 15 is 0 Å². The van der Waals surface area contributed by atoms with E-state index in [1.807, 2.05) is 19.2 Å². The second-order valence-corrected chi connectivity index (χ2v) is 4.94. The Morgan fingerprint density at radius 1 is 1.28 bits per heavy atom. The van der Waals surface area contributed by atoms with E-state index in [0.29, 0.717) is 15.7 Å². The summed E-state index contributed by atoms with van der Waals surface area (Å²) in [5, 5.41) is 4.38. The van der Waals surface area contributed by atoms with Crippen molar-refractivity contribution < 1.29 is 0 Å². The van der Waals surface area contributed by atoms with Crippen LogP contribution >= 0.6 is 23.2 Å². The Balaban J connectivity index is 2.33. The molecule has 0 saturated heterocycles. The number of para-hydroxylation sites is 1. The van der Waals surface area contributed by atoms with Gasteiger partial charge in [-0.3, -0.25) is 0 Å². The van der Waals surface area contributed by atoms with Crippen molar-refractivity contribution in [2.75, 3.05) is 5.32 Å². The van der Waals surface area contributed by atoms with E-state index in [-0.39, 0.29) is 0 Å². The van der Waals surface area contributed by atoms with Crippen molar-refractivity contribution in [2.45, 2.75) is 26.8 Å². The molecule has 0 amide bonds. The maximum Gasteiger partial charge on any atom is 0.207 e. The van der Waals surface area contributed by atoms with Crippen LogP contribution in [0.15, 0.2) is 24.4 Å². The van der Waals surface area contributed by atoms with Crippen molar-refractivity contribution >= 4 is 34.8 Å². The summed E-state index contributed by atoms with van der Waals surface area (Å²) in [6.45, 7) is 5.00. The van der Waals surface area contributed by atoms with Gasteiger partial charge in [0.1, 0.15) is 0 Å². The lowest BCUT2D eigenvalue weighted by atomic mass is 10.3. The number of aromatic nitrogens is 2. The fourth-order valence-corrected chi connectivity index (χ4v) is 2.28. The van der Waals surface area contributed by atoms with Gasteiger partial charge >= 0.3 is 0 Å². The van der Waals surface area contributed by atoms with Crippen LogP contribution in [0.25, 0.3) is 0 Å². The Morgan fingerprint density at radius 2 is 1.94 bits per heavy atom. The molecule has 5 heteroatoms. The first-order chi connectivity index (χ1) is 8.61. The molecule has 0 radical (unpaired) electrons. The fourth-order valence-electron chi connectivity index (χ4n) is 1.79. The minimum absolute atomic E-state index is 0.589. The summed E-state index contributed by atoms with van der Waals surface area (Å²) in [7, 11) is 0. The first kappa shape index (κ1) is 13.2. The molecule has 1 heterocycles. The molecular weight excluding hydrogens is 269 g/mol. The SMILES string of the molecule is CCCn1cc(C)nc1Nc1c(Cl)cccc1Cl. The third-order valence-electron chi connectivity index (χ3n) is 2.56. The van der Waals surface area contributed by atoms with E-state index in [0.717, 1.165) is 24.6 Å². The molecule has 0 aliphatic rings. The zero-order valence-corrected chi connectivity index (χ0v) is 11.9. The number of benzene rings is 1. The molecular formula is C13H15Cl2N3. The van der Waals surface area contributed by atoms with Crippen molar-refractivity contribution in [3.8, 4) is 0 Å². The first-order valence-electron chi connectivity index (χ1n) is 5.86. The summed E-state index contributed by atoms with van der Waals surface area (Å²) in [4.78, 5) is 4.44. The van der Waals surface area contributed by atoms with Crippen molar-refractivity contribution in [3.63, 3.8) is 0 Å². The zero-order chi connectivity index (χ0) is 13.1. The maximum absolute atomic E-state index is 6.13. The predicted octanol–water partition coefficient (Wildman–Crippen LogP) is 4.65. The third kappa shape index (κ3) is 2.79. The molecule has 0 bridgehead atoms. The average Bonchev–Trinajstić information content (AvgIpc) is 2.65. The second kappa shape index (κ2) is 5.63. The smallest absolute Gasteiger partial charge is 0.207 e. The number of anilines is 2. The highest BCUT2D eigenvalue weighted by molar-refractivity contribution is 6.39. The Labute approximate surface area is 117 Å². The number of hydrogen-bond donors (Lipinski definition) is 1. The van der Waals surface area contributed by atoms with Gasteiger partial charge in [0, 0.05) is 12.7 Å². The topological polar surface area (TPSA) is 29.9 Å².